The summed E-state index contributed by atoms with van der Waals surface area (Å²) in [4.78, 5) is 16.1. The van der Waals surface area contributed by atoms with Crippen LogP contribution in [0.4, 0.5) is 4.39 Å². The molecule has 1 N–H and O–H groups in total. The number of halogens is 1. The van der Waals surface area contributed by atoms with E-state index in [-0.39, 0.29) is 29.9 Å². The minimum atomic E-state index is -0.387. The Bertz CT molecular complexity index is 702. The van der Waals surface area contributed by atoms with Gasteiger partial charge in [-0.1, -0.05) is 12.1 Å². The molecule has 3 rings (SSSR count). The zero-order chi connectivity index (χ0) is 16.9. The van der Waals surface area contributed by atoms with Crippen LogP contribution in [0.1, 0.15) is 36.9 Å². The summed E-state index contributed by atoms with van der Waals surface area (Å²) in [6, 6.07) is 8.22. The van der Waals surface area contributed by atoms with E-state index < -0.39 is 0 Å². The van der Waals surface area contributed by atoms with Gasteiger partial charge in [0.25, 0.3) is 0 Å². The molecule has 1 aromatic heterocycles. The predicted octanol–water partition coefficient (Wildman–Crippen LogP) is 3.43. The van der Waals surface area contributed by atoms with Gasteiger partial charge in [0.1, 0.15) is 0 Å². The molecule has 0 saturated heterocycles. The van der Waals surface area contributed by atoms with E-state index in [4.69, 9.17) is 4.74 Å². The first-order chi connectivity index (χ1) is 11.6. The number of ether oxygens (including phenoxy) is 1. The molecular weight excluding hydrogens is 307 g/mol. The van der Waals surface area contributed by atoms with E-state index in [1.54, 1.807) is 30.6 Å². The van der Waals surface area contributed by atoms with Gasteiger partial charge < -0.3 is 10.1 Å². The molecular formula is C19H21FN2O2. The molecule has 1 atom stereocenters. The molecule has 1 aromatic carbocycles. The van der Waals surface area contributed by atoms with E-state index in [0.29, 0.717) is 18.1 Å². The first kappa shape index (κ1) is 16.4. The Balaban J connectivity index is 1.56. The number of carbonyl (C=O) groups excluding carboxylic acids is 1. The summed E-state index contributed by atoms with van der Waals surface area (Å²) in [5, 5.41) is 2.88. The second-order valence-electron chi connectivity index (χ2n) is 6.27. The van der Waals surface area contributed by atoms with Crippen molar-refractivity contribution in [2.24, 2.45) is 5.92 Å². The molecule has 1 saturated carbocycles. The molecule has 1 aliphatic carbocycles. The van der Waals surface area contributed by atoms with Crippen LogP contribution in [-0.4, -0.2) is 17.5 Å². The minimum Gasteiger partial charge on any atom is -0.490 e. The van der Waals surface area contributed by atoms with Crippen LogP contribution in [-0.2, 0) is 11.2 Å². The van der Waals surface area contributed by atoms with Crippen molar-refractivity contribution < 1.29 is 13.9 Å². The Labute approximate surface area is 141 Å². The summed E-state index contributed by atoms with van der Waals surface area (Å²) in [5.74, 6) is 0.348. The van der Waals surface area contributed by atoms with Crippen molar-refractivity contribution in [3.8, 4) is 5.75 Å². The molecule has 1 heterocycles. The molecule has 24 heavy (non-hydrogen) atoms. The highest BCUT2D eigenvalue weighted by Gasteiger charge is 2.22. The second kappa shape index (κ2) is 7.43. The molecule has 126 valence electrons. The van der Waals surface area contributed by atoms with Crippen molar-refractivity contribution >= 4 is 5.91 Å². The van der Waals surface area contributed by atoms with Crippen LogP contribution >= 0.6 is 0 Å². The maximum atomic E-state index is 14.1. The Morgan fingerprint density at radius 2 is 2.25 bits per heavy atom. The Morgan fingerprint density at radius 3 is 2.92 bits per heavy atom. The molecule has 1 fully saturated rings. The number of nitrogens with one attached hydrogen (secondary N) is 1. The normalized spacial score (nSPS) is 14.9. The lowest BCUT2D eigenvalue weighted by Crippen LogP contribution is -2.28. The molecule has 1 aliphatic rings. The number of hydrogen-bond donors (Lipinski definition) is 1. The van der Waals surface area contributed by atoms with Gasteiger partial charge in [-0.2, -0.15) is 0 Å². The Morgan fingerprint density at radius 1 is 1.42 bits per heavy atom. The van der Waals surface area contributed by atoms with Gasteiger partial charge in [-0.3, -0.25) is 9.78 Å². The zero-order valence-corrected chi connectivity index (χ0v) is 13.7. The fourth-order valence-corrected chi connectivity index (χ4v) is 2.46. The smallest absolute Gasteiger partial charge is 0.224 e. The van der Waals surface area contributed by atoms with Crippen molar-refractivity contribution in [3.63, 3.8) is 0 Å². The van der Waals surface area contributed by atoms with E-state index in [9.17, 15) is 9.18 Å². The van der Waals surface area contributed by atoms with Crippen molar-refractivity contribution in [2.75, 3.05) is 6.61 Å². The van der Waals surface area contributed by atoms with Gasteiger partial charge in [-0.25, -0.2) is 4.39 Å². The maximum absolute atomic E-state index is 14.1. The fraction of sp³-hybridized carbons (Fsp3) is 0.368. The highest BCUT2D eigenvalue weighted by Crippen LogP contribution is 2.30. The molecule has 2 aromatic rings. The van der Waals surface area contributed by atoms with Crippen molar-refractivity contribution in [1.29, 1.82) is 0 Å². The third-order valence-electron chi connectivity index (χ3n) is 4.09. The molecule has 0 spiro atoms. The lowest BCUT2D eigenvalue weighted by atomic mass is 10.1. The average molecular weight is 328 g/mol. The van der Waals surface area contributed by atoms with Gasteiger partial charge in [0.2, 0.25) is 5.91 Å². The van der Waals surface area contributed by atoms with Crippen molar-refractivity contribution in [3.05, 3.63) is 59.7 Å². The first-order valence-corrected chi connectivity index (χ1v) is 8.22. The number of carbonyl (C=O) groups is 1. The lowest BCUT2D eigenvalue weighted by Gasteiger charge is -2.15. The van der Waals surface area contributed by atoms with Crippen LogP contribution in [0.3, 0.4) is 0 Å². The van der Waals surface area contributed by atoms with Gasteiger partial charge in [0.05, 0.1) is 19.1 Å². The van der Waals surface area contributed by atoms with Crippen LogP contribution < -0.4 is 10.1 Å². The fourth-order valence-electron chi connectivity index (χ4n) is 2.46. The third kappa shape index (κ3) is 4.54. The van der Waals surface area contributed by atoms with Crippen molar-refractivity contribution in [2.45, 2.75) is 32.2 Å². The topological polar surface area (TPSA) is 51.2 Å². The monoisotopic (exact) mass is 328 g/mol. The van der Waals surface area contributed by atoms with Crippen LogP contribution in [0.2, 0.25) is 0 Å². The number of aromatic nitrogens is 1. The quantitative estimate of drug-likeness (QED) is 0.847. The van der Waals surface area contributed by atoms with Crippen LogP contribution in [0, 0.1) is 11.7 Å². The lowest BCUT2D eigenvalue weighted by molar-refractivity contribution is -0.121. The molecule has 5 heteroatoms. The summed E-state index contributed by atoms with van der Waals surface area (Å²) in [7, 11) is 0. The SMILES string of the molecule is C[C@H](NC(=O)Cc1cccnc1)c1ccc(OCC2CC2)c(F)c1. The van der Waals surface area contributed by atoms with E-state index in [1.807, 2.05) is 13.0 Å². The molecule has 1 amide bonds. The molecule has 0 radical (unpaired) electrons. The van der Waals surface area contributed by atoms with E-state index in [1.165, 1.54) is 18.9 Å². The van der Waals surface area contributed by atoms with E-state index >= 15 is 0 Å². The predicted molar refractivity (Wildman–Crippen MR) is 89.1 cm³/mol. The van der Waals surface area contributed by atoms with Gasteiger partial charge in [0, 0.05) is 12.4 Å². The number of hydrogen-bond acceptors (Lipinski definition) is 3. The van der Waals surface area contributed by atoms with Gasteiger partial charge in [-0.05, 0) is 55.0 Å². The van der Waals surface area contributed by atoms with Crippen LogP contribution in [0.25, 0.3) is 0 Å². The van der Waals surface area contributed by atoms with E-state index in [0.717, 1.165) is 5.56 Å². The number of nitrogens with zero attached hydrogens (tertiary/aromatic N) is 1. The summed E-state index contributed by atoms with van der Waals surface area (Å²) in [6.07, 6.45) is 5.91. The third-order valence-corrected chi connectivity index (χ3v) is 4.09. The largest absolute Gasteiger partial charge is 0.490 e. The highest BCUT2D eigenvalue weighted by atomic mass is 19.1. The summed E-state index contributed by atoms with van der Waals surface area (Å²) < 4.78 is 19.6. The Hall–Kier alpha value is -2.43. The maximum Gasteiger partial charge on any atom is 0.224 e. The summed E-state index contributed by atoms with van der Waals surface area (Å²) in [5.41, 5.74) is 1.56. The van der Waals surface area contributed by atoms with Crippen LogP contribution in [0.15, 0.2) is 42.7 Å². The van der Waals surface area contributed by atoms with Crippen LogP contribution in [0.5, 0.6) is 5.75 Å². The molecule has 0 unspecified atom stereocenters. The molecule has 0 bridgehead atoms. The Kier molecular flexibility index (Phi) is 5.08. The number of benzene rings is 1. The number of amides is 1. The van der Waals surface area contributed by atoms with Crippen molar-refractivity contribution in [1.82, 2.24) is 10.3 Å². The van der Waals surface area contributed by atoms with Gasteiger partial charge in [0.15, 0.2) is 11.6 Å². The first-order valence-electron chi connectivity index (χ1n) is 8.22. The number of pyridine rings is 1. The average Bonchev–Trinajstić information content (AvgIpc) is 3.38. The second-order valence-corrected chi connectivity index (χ2v) is 6.27. The van der Waals surface area contributed by atoms with E-state index in [2.05, 4.69) is 10.3 Å². The van der Waals surface area contributed by atoms with Gasteiger partial charge in [-0.15, -0.1) is 0 Å². The zero-order valence-electron chi connectivity index (χ0n) is 13.7. The number of rotatable bonds is 7. The summed E-state index contributed by atoms with van der Waals surface area (Å²) in [6.45, 7) is 2.41. The molecule has 0 aliphatic heterocycles. The standard InChI is InChI=1S/C19H21FN2O2/c1-13(22-19(23)9-15-3-2-8-21-11-15)16-6-7-18(17(20)10-16)24-12-14-4-5-14/h2-3,6-8,10-11,13-14H,4-5,9,12H2,1H3,(H,22,23)/t13-/m0/s1. The highest BCUT2D eigenvalue weighted by molar-refractivity contribution is 5.78. The van der Waals surface area contributed by atoms with Gasteiger partial charge >= 0.3 is 0 Å². The summed E-state index contributed by atoms with van der Waals surface area (Å²) >= 11 is 0. The molecule has 4 nitrogen and oxygen atoms in total. The minimum absolute atomic E-state index is 0.120.